The molecular formula is C29H31N7O. The van der Waals surface area contributed by atoms with E-state index in [9.17, 15) is 4.79 Å². The Morgan fingerprint density at radius 2 is 1.89 bits per heavy atom. The Hall–Kier alpha value is -4.20. The van der Waals surface area contributed by atoms with E-state index in [0.29, 0.717) is 13.1 Å². The van der Waals surface area contributed by atoms with Crippen LogP contribution < -0.4 is 0 Å². The Morgan fingerprint density at radius 1 is 1.11 bits per heavy atom. The van der Waals surface area contributed by atoms with Gasteiger partial charge in [-0.3, -0.25) is 19.3 Å². The molecule has 8 nitrogen and oxygen atoms in total. The number of aryl methyl sites for hydroxylation is 2. The summed E-state index contributed by atoms with van der Waals surface area (Å²) in [7, 11) is 1.96. The van der Waals surface area contributed by atoms with E-state index in [-0.39, 0.29) is 11.9 Å². The molecule has 1 aliphatic rings. The standard InChI is InChI=1S/C29H31N7O/c1-6-26(37)35-11-9-22(10-12-35)36-19(4)28(27-18(3)17(2)13-24-23(27)16-30-32-24)29(33-36)20-7-8-25-21(14-20)15-31-34(25)5/h6-8,13-16,22H,1,9-12H2,2-5H3,(H,30,32). The van der Waals surface area contributed by atoms with E-state index in [1.807, 2.05) is 29.0 Å². The highest BCUT2D eigenvalue weighted by Gasteiger charge is 2.29. The quantitative estimate of drug-likeness (QED) is 0.346. The molecule has 0 bridgehead atoms. The van der Waals surface area contributed by atoms with Crippen molar-refractivity contribution in [3.63, 3.8) is 0 Å². The largest absolute Gasteiger partial charge is 0.339 e. The van der Waals surface area contributed by atoms with Gasteiger partial charge < -0.3 is 4.90 Å². The maximum atomic E-state index is 12.2. The summed E-state index contributed by atoms with van der Waals surface area (Å²) < 4.78 is 4.09. The maximum absolute atomic E-state index is 12.2. The van der Waals surface area contributed by atoms with Crippen LogP contribution in [0.2, 0.25) is 0 Å². The molecule has 37 heavy (non-hydrogen) atoms. The Morgan fingerprint density at radius 3 is 2.65 bits per heavy atom. The maximum Gasteiger partial charge on any atom is 0.245 e. The van der Waals surface area contributed by atoms with Crippen molar-refractivity contribution in [2.24, 2.45) is 7.05 Å². The van der Waals surface area contributed by atoms with Crippen molar-refractivity contribution >= 4 is 27.7 Å². The summed E-state index contributed by atoms with van der Waals surface area (Å²) >= 11 is 0. The third-order valence-electron chi connectivity index (χ3n) is 7.98. The molecule has 6 rings (SSSR count). The number of nitrogens with one attached hydrogen (secondary N) is 1. The number of rotatable bonds is 4. The Labute approximate surface area is 215 Å². The SMILES string of the molecule is C=CC(=O)N1CCC(n2nc(-c3ccc4c(cnn4C)c3)c(-c3c(C)c(C)cc4[nH]ncc34)c2C)CC1. The van der Waals surface area contributed by atoms with Crippen LogP contribution in [0.4, 0.5) is 0 Å². The number of carbonyl (C=O) groups excluding carboxylic acids is 1. The van der Waals surface area contributed by atoms with Gasteiger partial charge in [-0.2, -0.15) is 15.3 Å². The van der Waals surface area contributed by atoms with Crippen LogP contribution in [-0.4, -0.2) is 53.7 Å². The molecular weight excluding hydrogens is 462 g/mol. The van der Waals surface area contributed by atoms with Gasteiger partial charge in [-0.25, -0.2) is 0 Å². The number of nitrogens with zero attached hydrogens (tertiary/aromatic N) is 6. The minimum Gasteiger partial charge on any atom is -0.339 e. The van der Waals surface area contributed by atoms with Crippen LogP contribution in [0.5, 0.6) is 0 Å². The lowest BCUT2D eigenvalue weighted by Gasteiger charge is -2.32. The number of hydrogen-bond acceptors (Lipinski definition) is 4. The molecule has 1 fully saturated rings. The van der Waals surface area contributed by atoms with Crippen molar-refractivity contribution < 1.29 is 4.79 Å². The number of fused-ring (bicyclic) bond motifs is 2. The summed E-state index contributed by atoms with van der Waals surface area (Å²) in [6.07, 6.45) is 6.94. The monoisotopic (exact) mass is 493 g/mol. The molecule has 3 aromatic heterocycles. The predicted molar refractivity (Wildman–Crippen MR) is 146 cm³/mol. The summed E-state index contributed by atoms with van der Waals surface area (Å²) in [5.74, 6) is -0.000441. The van der Waals surface area contributed by atoms with Gasteiger partial charge in [-0.1, -0.05) is 12.6 Å². The van der Waals surface area contributed by atoms with E-state index in [4.69, 9.17) is 5.10 Å². The molecule has 5 aromatic rings. The number of aromatic nitrogens is 6. The number of H-pyrrole nitrogens is 1. The molecule has 0 atom stereocenters. The second-order valence-electron chi connectivity index (χ2n) is 10.1. The average molecular weight is 494 g/mol. The molecule has 188 valence electrons. The van der Waals surface area contributed by atoms with Gasteiger partial charge in [-0.05, 0) is 74.6 Å². The summed E-state index contributed by atoms with van der Waals surface area (Å²) in [5, 5.41) is 19.4. The molecule has 0 radical (unpaired) electrons. The molecule has 1 saturated heterocycles. The number of amides is 1. The van der Waals surface area contributed by atoms with Crippen LogP contribution >= 0.6 is 0 Å². The molecule has 0 saturated carbocycles. The molecule has 2 aromatic carbocycles. The van der Waals surface area contributed by atoms with Gasteiger partial charge in [-0.15, -0.1) is 0 Å². The first kappa shape index (κ1) is 23.2. The van der Waals surface area contributed by atoms with Crippen LogP contribution in [0, 0.1) is 20.8 Å². The zero-order valence-electron chi connectivity index (χ0n) is 21.7. The lowest BCUT2D eigenvalue weighted by Crippen LogP contribution is -2.38. The first-order chi connectivity index (χ1) is 17.9. The van der Waals surface area contributed by atoms with Crippen molar-refractivity contribution in [3.05, 3.63) is 66.1 Å². The van der Waals surface area contributed by atoms with E-state index in [2.05, 4.69) is 71.6 Å². The third kappa shape index (κ3) is 3.66. The second-order valence-corrected chi connectivity index (χ2v) is 10.1. The van der Waals surface area contributed by atoms with Gasteiger partial charge in [0.2, 0.25) is 5.91 Å². The number of carbonyl (C=O) groups is 1. The van der Waals surface area contributed by atoms with Crippen LogP contribution in [-0.2, 0) is 11.8 Å². The average Bonchev–Trinajstić information content (AvgIpc) is 3.62. The first-order valence-corrected chi connectivity index (χ1v) is 12.7. The molecule has 1 N–H and O–H groups in total. The minimum atomic E-state index is -0.000441. The molecule has 0 unspecified atom stereocenters. The van der Waals surface area contributed by atoms with E-state index in [1.165, 1.54) is 22.8 Å². The topological polar surface area (TPSA) is 84.6 Å². The smallest absolute Gasteiger partial charge is 0.245 e. The van der Waals surface area contributed by atoms with E-state index < -0.39 is 0 Å². The number of aromatic amines is 1. The van der Waals surface area contributed by atoms with Crippen molar-refractivity contribution in [2.75, 3.05) is 13.1 Å². The number of hydrogen-bond donors (Lipinski definition) is 1. The fraction of sp³-hybridized carbons (Fsp3) is 0.310. The lowest BCUT2D eigenvalue weighted by molar-refractivity contribution is -0.127. The first-order valence-electron chi connectivity index (χ1n) is 12.7. The van der Waals surface area contributed by atoms with Crippen molar-refractivity contribution in [2.45, 2.75) is 39.7 Å². The highest BCUT2D eigenvalue weighted by molar-refractivity contribution is 6.02. The summed E-state index contributed by atoms with van der Waals surface area (Å²) in [6, 6.07) is 8.82. The highest BCUT2D eigenvalue weighted by Crippen LogP contribution is 2.42. The number of likely N-dealkylation sites (tertiary alicyclic amines) is 1. The normalized spacial score (nSPS) is 14.6. The van der Waals surface area contributed by atoms with E-state index in [1.54, 1.807) is 0 Å². The van der Waals surface area contributed by atoms with E-state index in [0.717, 1.165) is 57.2 Å². The Kier molecular flexibility index (Phi) is 5.47. The lowest BCUT2D eigenvalue weighted by atomic mass is 9.90. The minimum absolute atomic E-state index is 0.000441. The van der Waals surface area contributed by atoms with E-state index >= 15 is 0 Å². The Bertz CT molecular complexity index is 1680. The Balaban J connectivity index is 1.55. The van der Waals surface area contributed by atoms with Crippen LogP contribution in [0.25, 0.3) is 44.2 Å². The van der Waals surface area contributed by atoms with Crippen LogP contribution in [0.3, 0.4) is 0 Å². The van der Waals surface area contributed by atoms with Crippen LogP contribution in [0.1, 0.15) is 35.7 Å². The summed E-state index contributed by atoms with van der Waals surface area (Å²) in [6.45, 7) is 11.6. The van der Waals surface area contributed by atoms with Gasteiger partial charge in [0.1, 0.15) is 5.69 Å². The third-order valence-corrected chi connectivity index (χ3v) is 7.98. The summed E-state index contributed by atoms with van der Waals surface area (Å²) in [4.78, 5) is 14.0. The van der Waals surface area contributed by atoms with Crippen LogP contribution in [0.15, 0.2) is 49.3 Å². The number of benzene rings is 2. The molecule has 0 aliphatic carbocycles. The zero-order valence-corrected chi connectivity index (χ0v) is 21.7. The van der Waals surface area contributed by atoms with Crippen molar-refractivity contribution in [1.29, 1.82) is 0 Å². The molecule has 8 heteroatoms. The second kappa shape index (κ2) is 8.73. The fourth-order valence-electron chi connectivity index (χ4n) is 5.80. The highest BCUT2D eigenvalue weighted by atomic mass is 16.2. The number of piperidine rings is 1. The predicted octanol–water partition coefficient (Wildman–Crippen LogP) is 5.25. The van der Waals surface area contributed by atoms with Crippen molar-refractivity contribution in [3.8, 4) is 22.4 Å². The van der Waals surface area contributed by atoms with Gasteiger partial charge in [0.25, 0.3) is 0 Å². The molecule has 4 heterocycles. The van der Waals surface area contributed by atoms with Gasteiger partial charge in [0.05, 0.1) is 29.5 Å². The molecule has 1 amide bonds. The van der Waals surface area contributed by atoms with Crippen molar-refractivity contribution in [1.82, 2.24) is 34.7 Å². The molecule has 1 aliphatic heterocycles. The fourth-order valence-corrected chi connectivity index (χ4v) is 5.80. The molecule has 0 spiro atoms. The zero-order chi connectivity index (χ0) is 25.8. The van der Waals surface area contributed by atoms with Gasteiger partial charge in [0, 0.05) is 47.7 Å². The van der Waals surface area contributed by atoms with Gasteiger partial charge >= 0.3 is 0 Å². The summed E-state index contributed by atoms with van der Waals surface area (Å²) in [5.41, 5.74) is 10.0. The van der Waals surface area contributed by atoms with Gasteiger partial charge in [0.15, 0.2) is 0 Å².